The maximum absolute atomic E-state index is 12.2. The van der Waals surface area contributed by atoms with E-state index in [-0.39, 0.29) is 23.8 Å². The molecule has 0 unspecified atom stereocenters. The second-order valence-electron chi connectivity index (χ2n) is 6.97. The highest BCUT2D eigenvalue weighted by Crippen LogP contribution is 2.27. The number of ether oxygens (including phenoxy) is 1. The second-order valence-corrected chi connectivity index (χ2v) is 6.97. The summed E-state index contributed by atoms with van der Waals surface area (Å²) in [5.41, 5.74) is 2.04. The van der Waals surface area contributed by atoms with Gasteiger partial charge in [-0.1, -0.05) is 18.2 Å². The lowest BCUT2D eigenvalue weighted by Crippen LogP contribution is -2.46. The molecule has 2 N–H and O–H groups in total. The summed E-state index contributed by atoms with van der Waals surface area (Å²) in [5.74, 6) is -0.0875. The van der Waals surface area contributed by atoms with Crippen molar-refractivity contribution in [2.75, 3.05) is 38.2 Å². The van der Waals surface area contributed by atoms with Gasteiger partial charge in [-0.05, 0) is 31.4 Å². The van der Waals surface area contributed by atoms with E-state index in [1.165, 1.54) is 0 Å². The van der Waals surface area contributed by atoms with Gasteiger partial charge in [-0.2, -0.15) is 0 Å². The molecule has 0 aliphatic carbocycles. The fraction of sp³-hybridized carbons (Fsp3) is 0.579. The quantitative estimate of drug-likeness (QED) is 0.818. The summed E-state index contributed by atoms with van der Waals surface area (Å²) in [6.07, 6.45) is 1.67. The molecule has 1 saturated heterocycles. The number of rotatable bonds is 6. The van der Waals surface area contributed by atoms with E-state index in [9.17, 15) is 9.59 Å². The number of para-hydroxylation sites is 1. The van der Waals surface area contributed by atoms with Gasteiger partial charge in [0.2, 0.25) is 11.8 Å². The van der Waals surface area contributed by atoms with Crippen molar-refractivity contribution in [1.29, 1.82) is 0 Å². The number of anilines is 1. The van der Waals surface area contributed by atoms with Gasteiger partial charge in [-0.3, -0.25) is 14.5 Å². The Morgan fingerprint density at radius 3 is 2.92 bits per heavy atom. The van der Waals surface area contributed by atoms with Crippen molar-refractivity contribution in [3.8, 4) is 0 Å². The number of fused-ring (bicyclic) bond motifs is 1. The summed E-state index contributed by atoms with van der Waals surface area (Å²) >= 11 is 0. The minimum Gasteiger partial charge on any atom is -0.379 e. The first kappa shape index (κ1) is 17.9. The van der Waals surface area contributed by atoms with Gasteiger partial charge < -0.3 is 15.4 Å². The normalized spacial score (nSPS) is 22.0. The first-order chi connectivity index (χ1) is 12.1. The smallest absolute Gasteiger partial charge is 0.227 e. The first-order valence-corrected chi connectivity index (χ1v) is 9.10. The lowest BCUT2D eigenvalue weighted by atomic mass is 9.89. The molecule has 2 atom stereocenters. The highest BCUT2D eigenvalue weighted by atomic mass is 16.5. The van der Waals surface area contributed by atoms with Crippen molar-refractivity contribution in [2.45, 2.75) is 32.2 Å². The summed E-state index contributed by atoms with van der Waals surface area (Å²) in [7, 11) is 0. The van der Waals surface area contributed by atoms with Crippen LogP contribution in [-0.2, 0) is 20.7 Å². The van der Waals surface area contributed by atoms with Crippen LogP contribution >= 0.6 is 0 Å². The molecule has 2 aliphatic rings. The Bertz CT molecular complexity index is 614. The highest BCUT2D eigenvalue weighted by Gasteiger charge is 2.26. The zero-order valence-electron chi connectivity index (χ0n) is 14.8. The van der Waals surface area contributed by atoms with Crippen molar-refractivity contribution >= 4 is 17.5 Å². The Morgan fingerprint density at radius 2 is 2.12 bits per heavy atom. The Hall–Kier alpha value is -1.92. The molecule has 6 nitrogen and oxygen atoms in total. The maximum atomic E-state index is 12.2. The molecule has 0 bridgehead atoms. The van der Waals surface area contributed by atoms with Gasteiger partial charge in [0.1, 0.15) is 0 Å². The molecule has 0 spiro atoms. The molecule has 0 radical (unpaired) electrons. The lowest BCUT2D eigenvalue weighted by molar-refractivity contribution is -0.123. The standard InChI is InChI=1S/C19H27N3O3/c1-14(13-22-8-10-25-11-9-22)20-18(23)7-6-16-12-15-4-2-3-5-17(15)21-19(16)24/h2-5,14,16H,6-13H2,1H3,(H,20,23)(H,21,24)/t14-,16+/m0/s1. The minimum absolute atomic E-state index is 0.0208. The topological polar surface area (TPSA) is 70.7 Å². The third-order valence-corrected chi connectivity index (χ3v) is 4.88. The number of nitrogens with one attached hydrogen (secondary N) is 2. The molecule has 136 valence electrons. The molecule has 3 rings (SSSR count). The van der Waals surface area contributed by atoms with Gasteiger partial charge >= 0.3 is 0 Å². The third-order valence-electron chi connectivity index (χ3n) is 4.88. The Balaban J connectivity index is 1.42. The van der Waals surface area contributed by atoms with Crippen molar-refractivity contribution in [3.63, 3.8) is 0 Å². The second kappa shape index (κ2) is 8.45. The fourth-order valence-electron chi connectivity index (χ4n) is 3.52. The monoisotopic (exact) mass is 345 g/mol. The molecule has 2 aliphatic heterocycles. The van der Waals surface area contributed by atoms with Crippen LogP contribution in [0.5, 0.6) is 0 Å². The number of amides is 2. The molecule has 0 aromatic heterocycles. The molecule has 1 aromatic carbocycles. The number of benzene rings is 1. The van der Waals surface area contributed by atoms with Crippen LogP contribution in [0.3, 0.4) is 0 Å². The van der Waals surface area contributed by atoms with Gasteiger partial charge in [-0.15, -0.1) is 0 Å². The van der Waals surface area contributed by atoms with Crippen molar-refractivity contribution in [2.24, 2.45) is 5.92 Å². The van der Waals surface area contributed by atoms with Crippen LogP contribution in [0.25, 0.3) is 0 Å². The number of carbonyl (C=O) groups excluding carboxylic acids is 2. The van der Waals surface area contributed by atoms with E-state index >= 15 is 0 Å². The van der Waals surface area contributed by atoms with Gasteiger partial charge in [0.15, 0.2) is 0 Å². The molecule has 0 saturated carbocycles. The molecule has 2 heterocycles. The molecule has 1 aromatic rings. The zero-order valence-corrected chi connectivity index (χ0v) is 14.8. The van der Waals surface area contributed by atoms with Gasteiger partial charge in [-0.25, -0.2) is 0 Å². The van der Waals surface area contributed by atoms with E-state index in [0.717, 1.165) is 44.1 Å². The van der Waals surface area contributed by atoms with E-state index < -0.39 is 0 Å². The molecular weight excluding hydrogens is 318 g/mol. The summed E-state index contributed by atoms with van der Waals surface area (Å²) < 4.78 is 5.34. The Kier molecular flexibility index (Phi) is 6.04. The van der Waals surface area contributed by atoms with E-state index in [0.29, 0.717) is 19.3 Å². The molecule has 25 heavy (non-hydrogen) atoms. The average Bonchev–Trinajstić information content (AvgIpc) is 2.60. The fourth-order valence-corrected chi connectivity index (χ4v) is 3.52. The Labute approximate surface area is 148 Å². The SMILES string of the molecule is C[C@@H](CN1CCOCC1)NC(=O)CC[C@@H]1Cc2ccccc2NC1=O. The zero-order chi connectivity index (χ0) is 17.6. The van der Waals surface area contributed by atoms with Crippen molar-refractivity contribution in [1.82, 2.24) is 10.2 Å². The highest BCUT2D eigenvalue weighted by molar-refractivity contribution is 5.96. The van der Waals surface area contributed by atoms with Crippen molar-refractivity contribution in [3.05, 3.63) is 29.8 Å². The summed E-state index contributed by atoms with van der Waals surface area (Å²) in [6, 6.07) is 7.96. The molecule has 1 fully saturated rings. The van der Waals surface area contributed by atoms with Crippen LogP contribution in [0.15, 0.2) is 24.3 Å². The van der Waals surface area contributed by atoms with Crippen LogP contribution in [0.4, 0.5) is 5.69 Å². The number of hydrogen-bond acceptors (Lipinski definition) is 4. The van der Waals surface area contributed by atoms with Crippen LogP contribution in [0.2, 0.25) is 0 Å². The van der Waals surface area contributed by atoms with Gasteiger partial charge in [0.05, 0.1) is 13.2 Å². The number of morpholine rings is 1. The van der Waals surface area contributed by atoms with Crippen LogP contribution in [-0.4, -0.2) is 55.6 Å². The van der Waals surface area contributed by atoms with E-state index in [4.69, 9.17) is 4.74 Å². The molecule has 2 amide bonds. The van der Waals surface area contributed by atoms with Crippen LogP contribution < -0.4 is 10.6 Å². The van der Waals surface area contributed by atoms with E-state index in [1.807, 2.05) is 31.2 Å². The molecule has 6 heteroatoms. The summed E-state index contributed by atoms with van der Waals surface area (Å²) in [5, 5.41) is 5.99. The average molecular weight is 345 g/mol. The van der Waals surface area contributed by atoms with Crippen molar-refractivity contribution < 1.29 is 14.3 Å². The Morgan fingerprint density at radius 1 is 1.36 bits per heavy atom. The largest absolute Gasteiger partial charge is 0.379 e. The molecular formula is C19H27N3O3. The number of carbonyl (C=O) groups is 2. The van der Waals surface area contributed by atoms with Crippen LogP contribution in [0.1, 0.15) is 25.3 Å². The van der Waals surface area contributed by atoms with Gasteiger partial charge in [0.25, 0.3) is 0 Å². The lowest BCUT2D eigenvalue weighted by Gasteiger charge is -2.29. The minimum atomic E-state index is -0.129. The van der Waals surface area contributed by atoms with Gasteiger partial charge in [0, 0.05) is 43.7 Å². The number of hydrogen-bond donors (Lipinski definition) is 2. The number of nitrogens with zero attached hydrogens (tertiary/aromatic N) is 1. The first-order valence-electron chi connectivity index (χ1n) is 9.10. The predicted molar refractivity (Wildman–Crippen MR) is 96.4 cm³/mol. The van der Waals surface area contributed by atoms with E-state index in [2.05, 4.69) is 15.5 Å². The van der Waals surface area contributed by atoms with E-state index in [1.54, 1.807) is 0 Å². The third kappa shape index (κ3) is 5.03. The summed E-state index contributed by atoms with van der Waals surface area (Å²) in [4.78, 5) is 26.7. The maximum Gasteiger partial charge on any atom is 0.227 e. The van der Waals surface area contributed by atoms with Crippen LogP contribution in [0, 0.1) is 5.92 Å². The summed E-state index contributed by atoms with van der Waals surface area (Å²) in [6.45, 7) is 6.23. The predicted octanol–water partition coefficient (Wildman–Crippen LogP) is 1.41.